The third-order valence-corrected chi connectivity index (χ3v) is 7.39. The second kappa shape index (κ2) is 6.14. The minimum Gasteiger partial charge on any atom is -0.336 e. The highest BCUT2D eigenvalue weighted by Gasteiger charge is 2.36. The predicted molar refractivity (Wildman–Crippen MR) is 90.9 cm³/mol. The van der Waals surface area contributed by atoms with E-state index in [1.807, 2.05) is 29.6 Å². The molecule has 4 nitrogen and oxygen atoms in total. The van der Waals surface area contributed by atoms with Crippen LogP contribution in [-0.2, 0) is 9.84 Å². The SMILES string of the molecule is O=C(c1ccc(Br)cc1)N1CCS(=O)(=O)C(c2cccs2)C1. The van der Waals surface area contributed by atoms with Gasteiger partial charge in [0.15, 0.2) is 9.84 Å². The van der Waals surface area contributed by atoms with Crippen LogP contribution in [0.5, 0.6) is 0 Å². The zero-order valence-electron chi connectivity index (χ0n) is 11.6. The summed E-state index contributed by atoms with van der Waals surface area (Å²) in [7, 11) is -3.19. The number of carbonyl (C=O) groups excluding carboxylic acids is 1. The van der Waals surface area contributed by atoms with Gasteiger partial charge in [0.2, 0.25) is 0 Å². The Kier molecular flexibility index (Phi) is 4.38. The molecule has 1 unspecified atom stereocenters. The van der Waals surface area contributed by atoms with Gasteiger partial charge >= 0.3 is 0 Å². The van der Waals surface area contributed by atoms with Gasteiger partial charge in [-0.05, 0) is 35.7 Å². The van der Waals surface area contributed by atoms with Crippen LogP contribution in [0, 0.1) is 0 Å². The number of nitrogens with zero attached hydrogens (tertiary/aromatic N) is 1. The molecule has 1 aliphatic rings. The van der Waals surface area contributed by atoms with Crippen molar-refractivity contribution in [3.8, 4) is 0 Å². The van der Waals surface area contributed by atoms with E-state index in [9.17, 15) is 13.2 Å². The fraction of sp³-hybridized carbons (Fsp3) is 0.267. The molecule has 0 spiro atoms. The summed E-state index contributed by atoms with van der Waals surface area (Å²) in [6.45, 7) is 0.469. The summed E-state index contributed by atoms with van der Waals surface area (Å²) in [5, 5.41) is 1.25. The van der Waals surface area contributed by atoms with Crippen LogP contribution in [0.25, 0.3) is 0 Å². The summed E-state index contributed by atoms with van der Waals surface area (Å²) in [5.41, 5.74) is 0.576. The van der Waals surface area contributed by atoms with Crippen LogP contribution in [0.3, 0.4) is 0 Å². The first kappa shape index (κ1) is 15.7. The van der Waals surface area contributed by atoms with E-state index in [2.05, 4.69) is 15.9 Å². The highest BCUT2D eigenvalue weighted by Crippen LogP contribution is 2.31. The first-order chi connectivity index (χ1) is 10.5. The fourth-order valence-corrected chi connectivity index (χ4v) is 5.65. The van der Waals surface area contributed by atoms with E-state index in [4.69, 9.17) is 0 Å². The van der Waals surface area contributed by atoms with Crippen molar-refractivity contribution in [3.05, 3.63) is 56.7 Å². The Labute approximate surface area is 141 Å². The molecule has 116 valence electrons. The van der Waals surface area contributed by atoms with Crippen LogP contribution in [0.2, 0.25) is 0 Å². The lowest BCUT2D eigenvalue weighted by molar-refractivity contribution is 0.0758. The van der Waals surface area contributed by atoms with Crippen molar-refractivity contribution in [1.29, 1.82) is 0 Å². The molecule has 1 amide bonds. The molecule has 0 N–H and O–H groups in total. The van der Waals surface area contributed by atoms with Gasteiger partial charge in [0.1, 0.15) is 5.25 Å². The maximum atomic E-state index is 12.6. The molecule has 1 aliphatic heterocycles. The molecular weight excluding hydrogens is 386 g/mol. The topological polar surface area (TPSA) is 54.5 Å². The Hall–Kier alpha value is -1.18. The van der Waals surface area contributed by atoms with Crippen molar-refractivity contribution in [2.75, 3.05) is 18.8 Å². The molecule has 1 saturated heterocycles. The summed E-state index contributed by atoms with van der Waals surface area (Å²) in [4.78, 5) is 15.0. The molecule has 0 saturated carbocycles. The number of hydrogen-bond donors (Lipinski definition) is 0. The Bertz CT molecular complexity index is 770. The molecule has 22 heavy (non-hydrogen) atoms. The highest BCUT2D eigenvalue weighted by atomic mass is 79.9. The first-order valence-electron chi connectivity index (χ1n) is 6.77. The molecule has 1 fully saturated rings. The maximum Gasteiger partial charge on any atom is 0.253 e. The average molecular weight is 400 g/mol. The molecule has 3 rings (SSSR count). The number of amides is 1. The zero-order chi connectivity index (χ0) is 15.7. The number of carbonyl (C=O) groups is 1. The summed E-state index contributed by atoms with van der Waals surface area (Å²) in [6.07, 6.45) is 0. The number of sulfone groups is 1. The lowest BCUT2D eigenvalue weighted by Gasteiger charge is -2.32. The standard InChI is InChI=1S/C15H14BrNO3S2/c16-12-5-3-11(4-6-12)15(18)17-7-9-22(19,20)14(10-17)13-2-1-8-21-13/h1-6,8,14H,7,9-10H2. The van der Waals surface area contributed by atoms with Crippen LogP contribution in [-0.4, -0.2) is 38.1 Å². The Morgan fingerprint density at radius 1 is 1.23 bits per heavy atom. The second-order valence-electron chi connectivity index (χ2n) is 5.13. The summed E-state index contributed by atoms with van der Waals surface area (Å²) < 4.78 is 25.5. The van der Waals surface area contributed by atoms with Crippen LogP contribution in [0.15, 0.2) is 46.3 Å². The van der Waals surface area contributed by atoms with Crippen LogP contribution in [0.4, 0.5) is 0 Å². The van der Waals surface area contributed by atoms with E-state index < -0.39 is 15.1 Å². The Morgan fingerprint density at radius 2 is 1.95 bits per heavy atom. The van der Waals surface area contributed by atoms with Crippen LogP contribution in [0.1, 0.15) is 20.5 Å². The molecule has 7 heteroatoms. The van der Waals surface area contributed by atoms with E-state index in [1.54, 1.807) is 17.0 Å². The van der Waals surface area contributed by atoms with Gasteiger partial charge in [-0.15, -0.1) is 11.3 Å². The predicted octanol–water partition coefficient (Wildman–Crippen LogP) is 3.12. The molecule has 2 aromatic rings. The summed E-state index contributed by atoms with van der Waals surface area (Å²) in [6, 6.07) is 10.8. The third-order valence-electron chi connectivity index (χ3n) is 3.70. The van der Waals surface area contributed by atoms with E-state index in [0.29, 0.717) is 5.56 Å². The third kappa shape index (κ3) is 3.11. The number of halogens is 1. The average Bonchev–Trinajstić information content (AvgIpc) is 3.01. The molecule has 0 radical (unpaired) electrons. The minimum absolute atomic E-state index is 0.0117. The molecule has 1 aromatic heterocycles. The largest absolute Gasteiger partial charge is 0.336 e. The smallest absolute Gasteiger partial charge is 0.253 e. The van der Waals surface area contributed by atoms with Gasteiger partial charge in [-0.25, -0.2) is 8.42 Å². The molecule has 1 aromatic carbocycles. The molecular formula is C15H14BrNO3S2. The van der Waals surface area contributed by atoms with Crippen molar-refractivity contribution in [2.45, 2.75) is 5.25 Å². The quantitative estimate of drug-likeness (QED) is 0.779. The van der Waals surface area contributed by atoms with Crippen LogP contribution < -0.4 is 0 Å². The van der Waals surface area contributed by atoms with Gasteiger partial charge in [0.05, 0.1) is 5.75 Å². The molecule has 1 atom stereocenters. The minimum atomic E-state index is -3.19. The van der Waals surface area contributed by atoms with Gasteiger partial charge in [0.25, 0.3) is 5.91 Å². The number of benzene rings is 1. The summed E-state index contributed by atoms with van der Waals surface area (Å²) >= 11 is 4.76. The lowest BCUT2D eigenvalue weighted by Crippen LogP contribution is -2.45. The van der Waals surface area contributed by atoms with E-state index in [-0.39, 0.29) is 24.7 Å². The van der Waals surface area contributed by atoms with Gasteiger partial charge in [0, 0.05) is 28.0 Å². The van der Waals surface area contributed by atoms with Crippen molar-refractivity contribution in [3.63, 3.8) is 0 Å². The molecule has 0 bridgehead atoms. The van der Waals surface area contributed by atoms with E-state index in [1.165, 1.54) is 11.3 Å². The summed E-state index contributed by atoms with van der Waals surface area (Å²) in [5.74, 6) is -0.110. The van der Waals surface area contributed by atoms with Gasteiger partial charge in [-0.1, -0.05) is 22.0 Å². The highest BCUT2D eigenvalue weighted by molar-refractivity contribution is 9.10. The number of thiophene rings is 1. The molecule has 0 aliphatic carbocycles. The van der Waals surface area contributed by atoms with Crippen molar-refractivity contribution in [1.82, 2.24) is 4.90 Å². The van der Waals surface area contributed by atoms with Gasteiger partial charge in [-0.2, -0.15) is 0 Å². The Balaban J connectivity index is 1.84. The second-order valence-corrected chi connectivity index (χ2v) is 9.33. The number of hydrogen-bond acceptors (Lipinski definition) is 4. The van der Waals surface area contributed by atoms with Crippen molar-refractivity contribution < 1.29 is 13.2 Å². The van der Waals surface area contributed by atoms with Crippen LogP contribution >= 0.6 is 27.3 Å². The Morgan fingerprint density at radius 3 is 2.59 bits per heavy atom. The van der Waals surface area contributed by atoms with Gasteiger partial charge < -0.3 is 4.90 Å². The monoisotopic (exact) mass is 399 g/mol. The maximum absolute atomic E-state index is 12.6. The van der Waals surface area contributed by atoms with Gasteiger partial charge in [-0.3, -0.25) is 4.79 Å². The lowest BCUT2D eigenvalue weighted by atomic mass is 10.2. The van der Waals surface area contributed by atoms with Crippen molar-refractivity contribution in [2.24, 2.45) is 0 Å². The molecule has 2 heterocycles. The fourth-order valence-electron chi connectivity index (χ4n) is 2.49. The normalized spacial score (nSPS) is 20.8. The van der Waals surface area contributed by atoms with E-state index in [0.717, 1.165) is 9.35 Å². The zero-order valence-corrected chi connectivity index (χ0v) is 14.8. The van der Waals surface area contributed by atoms with E-state index >= 15 is 0 Å². The number of rotatable bonds is 2. The first-order valence-corrected chi connectivity index (χ1v) is 10.2. The van der Waals surface area contributed by atoms with Crippen molar-refractivity contribution >= 4 is 43.0 Å².